The molecule has 23 heavy (non-hydrogen) atoms. The Morgan fingerprint density at radius 1 is 1.17 bits per heavy atom. The maximum absolute atomic E-state index is 12.8. The molecule has 3 rings (SSSR count). The lowest BCUT2D eigenvalue weighted by atomic mass is 10.1. The van der Waals surface area contributed by atoms with Gasteiger partial charge in [0.1, 0.15) is 17.8 Å². The van der Waals surface area contributed by atoms with Crippen molar-refractivity contribution in [2.24, 2.45) is 0 Å². The summed E-state index contributed by atoms with van der Waals surface area (Å²) < 4.78 is 38.3. The Hall–Kier alpha value is -2.45. The van der Waals surface area contributed by atoms with Gasteiger partial charge in [0.25, 0.3) is 0 Å². The van der Waals surface area contributed by atoms with Crippen LogP contribution in [0.3, 0.4) is 0 Å². The second kappa shape index (κ2) is 6.35. The van der Waals surface area contributed by atoms with Gasteiger partial charge in [0.05, 0.1) is 0 Å². The zero-order valence-electron chi connectivity index (χ0n) is 12.2. The molecule has 1 aliphatic heterocycles. The molecule has 0 radical (unpaired) electrons. The van der Waals surface area contributed by atoms with Gasteiger partial charge < -0.3 is 10.2 Å². The van der Waals surface area contributed by atoms with E-state index in [0.29, 0.717) is 18.9 Å². The monoisotopic (exact) mass is 324 g/mol. The van der Waals surface area contributed by atoms with E-state index in [4.69, 9.17) is 0 Å². The van der Waals surface area contributed by atoms with Gasteiger partial charge in [0.2, 0.25) is 5.95 Å². The number of hydrogen-bond donors (Lipinski definition) is 1. The molecule has 1 N–H and O–H groups in total. The van der Waals surface area contributed by atoms with E-state index < -0.39 is 11.9 Å². The van der Waals surface area contributed by atoms with Gasteiger partial charge in [-0.25, -0.2) is 19.9 Å². The first-order valence-corrected chi connectivity index (χ1v) is 7.20. The van der Waals surface area contributed by atoms with Crippen molar-refractivity contribution in [3.05, 3.63) is 36.5 Å². The lowest BCUT2D eigenvalue weighted by Crippen LogP contribution is -2.43. The fourth-order valence-electron chi connectivity index (χ4n) is 2.52. The van der Waals surface area contributed by atoms with Crippen LogP contribution in [0.2, 0.25) is 0 Å². The Morgan fingerprint density at radius 3 is 2.78 bits per heavy atom. The van der Waals surface area contributed by atoms with Crippen LogP contribution < -0.4 is 10.2 Å². The predicted molar refractivity (Wildman–Crippen MR) is 77.9 cm³/mol. The van der Waals surface area contributed by atoms with Crippen molar-refractivity contribution >= 4 is 11.8 Å². The molecule has 0 aliphatic carbocycles. The number of nitrogens with one attached hydrogen (secondary N) is 1. The van der Waals surface area contributed by atoms with Crippen molar-refractivity contribution in [1.82, 2.24) is 19.9 Å². The third-order valence-electron chi connectivity index (χ3n) is 3.57. The third-order valence-corrected chi connectivity index (χ3v) is 3.57. The van der Waals surface area contributed by atoms with Gasteiger partial charge in [0.15, 0.2) is 0 Å². The van der Waals surface area contributed by atoms with Crippen molar-refractivity contribution in [1.29, 1.82) is 0 Å². The first-order valence-electron chi connectivity index (χ1n) is 7.20. The Kier molecular flexibility index (Phi) is 4.26. The fourth-order valence-corrected chi connectivity index (χ4v) is 2.52. The first kappa shape index (κ1) is 15.4. The molecule has 0 aromatic carbocycles. The largest absolute Gasteiger partial charge is 0.433 e. The van der Waals surface area contributed by atoms with Crippen molar-refractivity contribution in [2.75, 3.05) is 23.3 Å². The summed E-state index contributed by atoms with van der Waals surface area (Å²) in [6, 6.07) is 2.70. The quantitative estimate of drug-likeness (QED) is 0.935. The van der Waals surface area contributed by atoms with Crippen molar-refractivity contribution in [3.8, 4) is 0 Å². The highest BCUT2D eigenvalue weighted by Gasteiger charge is 2.33. The smallest absolute Gasteiger partial charge is 0.365 e. The minimum Gasteiger partial charge on any atom is -0.365 e. The summed E-state index contributed by atoms with van der Waals surface area (Å²) in [6.45, 7) is 1.15. The summed E-state index contributed by atoms with van der Waals surface area (Å²) in [4.78, 5) is 17.3. The Labute approximate surface area is 130 Å². The van der Waals surface area contributed by atoms with Crippen LogP contribution in [0.5, 0.6) is 0 Å². The second-order valence-corrected chi connectivity index (χ2v) is 5.26. The van der Waals surface area contributed by atoms with Gasteiger partial charge >= 0.3 is 6.18 Å². The average molecular weight is 324 g/mol. The Bertz CT molecular complexity index is 648. The topological polar surface area (TPSA) is 66.8 Å². The second-order valence-electron chi connectivity index (χ2n) is 5.26. The van der Waals surface area contributed by atoms with Crippen LogP contribution in [0.15, 0.2) is 30.9 Å². The molecular formula is C14H15F3N6. The summed E-state index contributed by atoms with van der Waals surface area (Å²) >= 11 is 0. The number of rotatable bonds is 3. The first-order chi connectivity index (χ1) is 11.0. The van der Waals surface area contributed by atoms with Crippen molar-refractivity contribution < 1.29 is 13.2 Å². The molecule has 2 aromatic rings. The summed E-state index contributed by atoms with van der Waals surface area (Å²) in [5, 5.41) is 3.25. The van der Waals surface area contributed by atoms with E-state index in [-0.39, 0.29) is 12.0 Å². The number of aromatic nitrogens is 4. The van der Waals surface area contributed by atoms with Crippen LogP contribution >= 0.6 is 0 Å². The van der Waals surface area contributed by atoms with Gasteiger partial charge in [0, 0.05) is 31.5 Å². The van der Waals surface area contributed by atoms with Gasteiger partial charge in [-0.3, -0.25) is 0 Å². The van der Waals surface area contributed by atoms with E-state index >= 15 is 0 Å². The molecule has 2 aromatic heterocycles. The number of hydrogen-bond acceptors (Lipinski definition) is 6. The average Bonchev–Trinajstić information content (AvgIpc) is 2.55. The van der Waals surface area contributed by atoms with Gasteiger partial charge in [-0.1, -0.05) is 0 Å². The van der Waals surface area contributed by atoms with Crippen LogP contribution in [-0.4, -0.2) is 39.1 Å². The molecule has 0 bridgehead atoms. The minimum atomic E-state index is -4.47. The minimum absolute atomic E-state index is 0.0665. The molecule has 3 heterocycles. The maximum atomic E-state index is 12.8. The third kappa shape index (κ3) is 3.85. The molecule has 1 fully saturated rings. The van der Waals surface area contributed by atoms with E-state index in [1.165, 1.54) is 6.33 Å². The highest BCUT2D eigenvalue weighted by Crippen LogP contribution is 2.28. The summed E-state index contributed by atoms with van der Waals surface area (Å²) in [5.41, 5.74) is -0.923. The Balaban J connectivity index is 1.71. The summed E-state index contributed by atoms with van der Waals surface area (Å²) in [6.07, 6.45) is 1.49. The number of alkyl halides is 3. The SMILES string of the molecule is FC(F)(F)c1ccnc(N2CCCC(Nc3ccncn3)C2)n1. The van der Waals surface area contributed by atoms with Crippen molar-refractivity contribution in [2.45, 2.75) is 25.1 Å². The van der Waals surface area contributed by atoms with Crippen LogP contribution in [0, 0.1) is 0 Å². The van der Waals surface area contributed by atoms with E-state index in [1.807, 2.05) is 0 Å². The number of piperidine rings is 1. The highest BCUT2D eigenvalue weighted by atomic mass is 19.4. The van der Waals surface area contributed by atoms with Crippen LogP contribution in [0.1, 0.15) is 18.5 Å². The van der Waals surface area contributed by atoms with Gasteiger partial charge in [-0.15, -0.1) is 0 Å². The number of halogens is 3. The number of anilines is 2. The van der Waals surface area contributed by atoms with Gasteiger partial charge in [-0.2, -0.15) is 13.2 Å². The van der Waals surface area contributed by atoms with E-state index in [2.05, 4.69) is 25.3 Å². The fraction of sp³-hybridized carbons (Fsp3) is 0.429. The molecule has 0 saturated carbocycles. The molecule has 9 heteroatoms. The highest BCUT2D eigenvalue weighted by molar-refractivity contribution is 5.37. The molecule has 122 valence electrons. The lowest BCUT2D eigenvalue weighted by Gasteiger charge is -2.33. The van der Waals surface area contributed by atoms with E-state index in [0.717, 1.165) is 25.1 Å². The summed E-state index contributed by atoms with van der Waals surface area (Å²) in [7, 11) is 0. The molecule has 1 saturated heterocycles. The molecule has 0 amide bonds. The molecule has 1 unspecified atom stereocenters. The molecule has 1 aliphatic rings. The maximum Gasteiger partial charge on any atom is 0.433 e. The zero-order valence-corrected chi connectivity index (χ0v) is 12.2. The Morgan fingerprint density at radius 2 is 2.04 bits per heavy atom. The predicted octanol–water partition coefficient (Wildman–Crippen LogP) is 2.37. The molecular weight excluding hydrogens is 309 g/mol. The standard InChI is InChI=1S/C14H15F3N6/c15-14(16,17)11-3-6-19-13(22-11)23-7-1-2-10(8-23)21-12-4-5-18-9-20-12/h3-6,9-10H,1-2,7-8H2,(H,18,20,21). The van der Waals surface area contributed by atoms with Crippen molar-refractivity contribution in [3.63, 3.8) is 0 Å². The number of nitrogens with zero attached hydrogens (tertiary/aromatic N) is 5. The normalized spacial score (nSPS) is 18.7. The lowest BCUT2D eigenvalue weighted by molar-refractivity contribution is -0.141. The van der Waals surface area contributed by atoms with Crippen LogP contribution in [0.4, 0.5) is 24.9 Å². The van der Waals surface area contributed by atoms with Gasteiger partial charge in [-0.05, 0) is 25.0 Å². The van der Waals surface area contributed by atoms with Crippen LogP contribution in [0.25, 0.3) is 0 Å². The van der Waals surface area contributed by atoms with E-state index in [1.54, 1.807) is 17.2 Å². The molecule has 0 spiro atoms. The van der Waals surface area contributed by atoms with Crippen LogP contribution in [-0.2, 0) is 6.18 Å². The summed E-state index contributed by atoms with van der Waals surface area (Å²) in [5.74, 6) is 0.797. The molecule has 6 nitrogen and oxygen atoms in total. The zero-order chi connectivity index (χ0) is 16.3. The van der Waals surface area contributed by atoms with E-state index in [9.17, 15) is 13.2 Å². The molecule has 1 atom stereocenters.